The molecule has 0 unspecified atom stereocenters. The fourth-order valence-electron chi connectivity index (χ4n) is 1.48. The van der Waals surface area contributed by atoms with Crippen molar-refractivity contribution >= 4 is 39.9 Å². The fraction of sp³-hybridized carbons (Fsp3) is 0.0769. The van der Waals surface area contributed by atoms with Crippen LogP contribution in [0.25, 0.3) is 0 Å². The van der Waals surface area contributed by atoms with Crippen molar-refractivity contribution in [2.75, 3.05) is 11.1 Å². The first-order valence-corrected chi connectivity index (χ1v) is 7.52. The van der Waals surface area contributed by atoms with E-state index in [2.05, 4.69) is 5.32 Å². The Morgan fingerprint density at radius 1 is 1.35 bits per heavy atom. The zero-order valence-electron chi connectivity index (χ0n) is 10.3. The zero-order valence-corrected chi connectivity index (χ0v) is 12.0. The van der Waals surface area contributed by atoms with Gasteiger partial charge in [-0.15, -0.1) is 23.1 Å². The van der Waals surface area contributed by atoms with Crippen LogP contribution in [0.1, 0.15) is 10.4 Å². The van der Waals surface area contributed by atoms with Gasteiger partial charge < -0.3 is 16.2 Å². The molecule has 0 fully saturated rings. The summed E-state index contributed by atoms with van der Waals surface area (Å²) in [5.74, 6) is -0.463. The first-order valence-electron chi connectivity index (χ1n) is 5.65. The second-order valence-corrected chi connectivity index (χ2v) is 5.83. The topological polar surface area (TPSA) is 92.4 Å². The lowest BCUT2D eigenvalue weighted by Crippen LogP contribution is -2.17. The Morgan fingerprint density at radius 2 is 2.15 bits per heavy atom. The molecule has 0 saturated heterocycles. The van der Waals surface area contributed by atoms with E-state index in [0.29, 0.717) is 10.6 Å². The van der Waals surface area contributed by atoms with E-state index in [4.69, 9.17) is 5.73 Å². The first-order chi connectivity index (χ1) is 9.56. The third-order valence-corrected chi connectivity index (χ3v) is 4.19. The van der Waals surface area contributed by atoms with Gasteiger partial charge in [0.05, 0.1) is 11.3 Å². The molecule has 0 aliphatic carbocycles. The van der Waals surface area contributed by atoms with Crippen LogP contribution in [0.4, 0.5) is 5.00 Å². The number of rotatable bonds is 5. The molecule has 2 aromatic rings. The molecule has 0 atom stereocenters. The molecule has 2 rings (SSSR count). The van der Waals surface area contributed by atoms with E-state index < -0.39 is 5.91 Å². The average molecular weight is 308 g/mol. The molecule has 20 heavy (non-hydrogen) atoms. The lowest BCUT2D eigenvalue weighted by atomic mass is 10.3. The van der Waals surface area contributed by atoms with Crippen LogP contribution in [0.3, 0.4) is 0 Å². The minimum atomic E-state index is -0.567. The Morgan fingerprint density at radius 3 is 2.85 bits per heavy atom. The number of hydrogen-bond acceptors (Lipinski definition) is 5. The van der Waals surface area contributed by atoms with Gasteiger partial charge in [-0.2, -0.15) is 0 Å². The molecule has 0 aliphatic heterocycles. The largest absolute Gasteiger partial charge is 0.508 e. The zero-order chi connectivity index (χ0) is 14.5. The number of thiophene rings is 1. The number of phenolic OH excluding ortho intramolecular Hbond substituents is 1. The van der Waals surface area contributed by atoms with E-state index in [9.17, 15) is 14.7 Å². The van der Waals surface area contributed by atoms with Crippen LogP contribution in [-0.2, 0) is 4.79 Å². The van der Waals surface area contributed by atoms with Gasteiger partial charge in [0, 0.05) is 4.90 Å². The van der Waals surface area contributed by atoms with Gasteiger partial charge in [-0.05, 0) is 29.6 Å². The molecule has 4 N–H and O–H groups in total. The summed E-state index contributed by atoms with van der Waals surface area (Å²) < 4.78 is 0. The molecule has 0 spiro atoms. The number of carbonyl (C=O) groups excluding carboxylic acids is 2. The van der Waals surface area contributed by atoms with Crippen molar-refractivity contribution in [2.24, 2.45) is 5.73 Å². The first kappa shape index (κ1) is 14.4. The number of amides is 2. The quantitative estimate of drug-likeness (QED) is 0.739. The van der Waals surface area contributed by atoms with E-state index in [1.807, 2.05) is 0 Å². The summed E-state index contributed by atoms with van der Waals surface area (Å²) in [6.45, 7) is 0. The van der Waals surface area contributed by atoms with E-state index in [-0.39, 0.29) is 17.4 Å². The molecule has 2 amide bonds. The smallest absolute Gasteiger partial charge is 0.251 e. The van der Waals surface area contributed by atoms with Crippen LogP contribution in [0.5, 0.6) is 5.75 Å². The summed E-state index contributed by atoms with van der Waals surface area (Å²) in [6, 6.07) is 8.23. The fourth-order valence-corrected chi connectivity index (χ4v) is 3.04. The Kier molecular flexibility index (Phi) is 4.65. The molecule has 104 valence electrons. The van der Waals surface area contributed by atoms with Crippen molar-refractivity contribution in [3.05, 3.63) is 41.3 Å². The molecule has 0 bridgehead atoms. The van der Waals surface area contributed by atoms with Gasteiger partial charge in [0.15, 0.2) is 0 Å². The third-order valence-electron chi connectivity index (χ3n) is 2.37. The van der Waals surface area contributed by atoms with Crippen molar-refractivity contribution in [2.45, 2.75) is 4.90 Å². The monoisotopic (exact) mass is 308 g/mol. The highest BCUT2D eigenvalue weighted by atomic mass is 32.2. The summed E-state index contributed by atoms with van der Waals surface area (Å²) in [5.41, 5.74) is 5.51. The van der Waals surface area contributed by atoms with Crippen molar-refractivity contribution in [1.82, 2.24) is 0 Å². The highest BCUT2D eigenvalue weighted by Gasteiger charge is 2.12. The summed E-state index contributed by atoms with van der Waals surface area (Å²) in [7, 11) is 0. The van der Waals surface area contributed by atoms with E-state index in [1.165, 1.54) is 23.1 Å². The maximum Gasteiger partial charge on any atom is 0.251 e. The van der Waals surface area contributed by atoms with Crippen LogP contribution in [0.2, 0.25) is 0 Å². The number of primary amides is 1. The predicted molar refractivity (Wildman–Crippen MR) is 80.3 cm³/mol. The van der Waals surface area contributed by atoms with Gasteiger partial charge in [-0.25, -0.2) is 0 Å². The number of benzene rings is 1. The van der Waals surface area contributed by atoms with Crippen LogP contribution < -0.4 is 11.1 Å². The van der Waals surface area contributed by atoms with E-state index in [1.54, 1.807) is 35.7 Å². The Balaban J connectivity index is 1.93. The normalized spacial score (nSPS) is 10.2. The van der Waals surface area contributed by atoms with Crippen LogP contribution >= 0.6 is 23.1 Å². The molecule has 7 heteroatoms. The second kappa shape index (κ2) is 6.44. The number of aromatic hydroxyl groups is 1. The summed E-state index contributed by atoms with van der Waals surface area (Å²) >= 11 is 2.54. The van der Waals surface area contributed by atoms with Gasteiger partial charge in [0.25, 0.3) is 5.91 Å². The SMILES string of the molecule is NC(=O)c1ccsc1NC(=O)CSc1cccc(O)c1. The average Bonchev–Trinajstić information content (AvgIpc) is 2.85. The Hall–Kier alpha value is -1.99. The lowest BCUT2D eigenvalue weighted by molar-refractivity contribution is -0.113. The predicted octanol–water partition coefficient (Wildman–Crippen LogP) is 2.28. The Bertz CT molecular complexity index is 640. The molecule has 1 heterocycles. The summed E-state index contributed by atoms with van der Waals surface area (Å²) in [6.07, 6.45) is 0. The molecule has 1 aromatic heterocycles. The van der Waals surface area contributed by atoms with Crippen molar-refractivity contribution < 1.29 is 14.7 Å². The summed E-state index contributed by atoms with van der Waals surface area (Å²) in [5, 5.41) is 14.1. The Labute approximate surface area is 123 Å². The van der Waals surface area contributed by atoms with Crippen LogP contribution in [0.15, 0.2) is 40.6 Å². The van der Waals surface area contributed by atoms with Gasteiger partial charge >= 0.3 is 0 Å². The highest BCUT2D eigenvalue weighted by molar-refractivity contribution is 8.00. The number of anilines is 1. The molecule has 0 saturated carbocycles. The molecule has 0 radical (unpaired) electrons. The van der Waals surface area contributed by atoms with Gasteiger partial charge in [0.2, 0.25) is 5.91 Å². The highest BCUT2D eigenvalue weighted by Crippen LogP contribution is 2.25. The number of hydrogen-bond donors (Lipinski definition) is 3. The molecular formula is C13H12N2O3S2. The number of nitrogens with one attached hydrogen (secondary N) is 1. The molecule has 5 nitrogen and oxygen atoms in total. The van der Waals surface area contributed by atoms with E-state index >= 15 is 0 Å². The summed E-state index contributed by atoms with van der Waals surface area (Å²) in [4.78, 5) is 23.7. The molecular weight excluding hydrogens is 296 g/mol. The van der Waals surface area contributed by atoms with Gasteiger partial charge in [-0.3, -0.25) is 9.59 Å². The number of thioether (sulfide) groups is 1. The minimum absolute atomic E-state index is 0.157. The second-order valence-electron chi connectivity index (χ2n) is 3.86. The number of phenols is 1. The third kappa shape index (κ3) is 3.75. The van der Waals surface area contributed by atoms with Crippen LogP contribution in [-0.4, -0.2) is 22.7 Å². The van der Waals surface area contributed by atoms with Crippen molar-refractivity contribution in [3.63, 3.8) is 0 Å². The molecule has 0 aliphatic rings. The van der Waals surface area contributed by atoms with Gasteiger partial charge in [0.1, 0.15) is 10.8 Å². The number of carbonyl (C=O) groups is 2. The van der Waals surface area contributed by atoms with E-state index in [0.717, 1.165) is 4.90 Å². The van der Waals surface area contributed by atoms with Crippen molar-refractivity contribution in [1.29, 1.82) is 0 Å². The minimum Gasteiger partial charge on any atom is -0.508 e. The lowest BCUT2D eigenvalue weighted by Gasteiger charge is -2.05. The van der Waals surface area contributed by atoms with Crippen LogP contribution in [0, 0.1) is 0 Å². The van der Waals surface area contributed by atoms with Crippen molar-refractivity contribution in [3.8, 4) is 5.75 Å². The maximum atomic E-state index is 11.8. The molecule has 1 aromatic carbocycles. The van der Waals surface area contributed by atoms with Gasteiger partial charge in [-0.1, -0.05) is 6.07 Å². The standard InChI is InChI=1S/C13H12N2O3S2/c14-12(18)10-4-5-19-13(10)15-11(17)7-20-9-3-1-2-8(16)6-9/h1-6,16H,7H2,(H2,14,18)(H,15,17). The maximum absolute atomic E-state index is 11.8. The number of nitrogens with two attached hydrogens (primary N) is 1.